The number of aromatic carboxylic acids is 1. The van der Waals surface area contributed by atoms with Crippen molar-refractivity contribution in [1.82, 2.24) is 0 Å². The van der Waals surface area contributed by atoms with Crippen LogP contribution < -0.4 is 4.90 Å². The Bertz CT molecular complexity index is 490. The summed E-state index contributed by atoms with van der Waals surface area (Å²) in [6.07, 6.45) is 2.45. The second-order valence-corrected chi connectivity index (χ2v) is 4.47. The first-order valence-corrected chi connectivity index (χ1v) is 6.31. The van der Waals surface area contributed by atoms with Crippen molar-refractivity contribution in [2.45, 2.75) is 19.3 Å². The highest BCUT2D eigenvalue weighted by Crippen LogP contribution is 2.25. The minimum atomic E-state index is -1.31. The largest absolute Gasteiger partial charge is 0.477 e. The number of unbranched alkanes of at least 4 members (excludes halogenated alkanes) is 2. The summed E-state index contributed by atoms with van der Waals surface area (Å²) in [4.78, 5) is 22.9. The SMILES string of the molecule is CN(CCCCCO)c1ccc(C(=O)O)c([N+](=O)[O-])c1. The van der Waals surface area contributed by atoms with Gasteiger partial charge in [0.2, 0.25) is 0 Å². The van der Waals surface area contributed by atoms with Gasteiger partial charge in [0, 0.05) is 32.0 Å². The van der Waals surface area contributed by atoms with Crippen LogP contribution in [-0.2, 0) is 0 Å². The number of hydrogen-bond donors (Lipinski definition) is 2. The molecule has 0 spiro atoms. The Morgan fingerprint density at radius 1 is 1.35 bits per heavy atom. The number of carbonyl (C=O) groups is 1. The Hall–Kier alpha value is -2.15. The number of aliphatic hydroxyl groups is 1. The third kappa shape index (κ3) is 4.20. The minimum absolute atomic E-state index is 0.155. The summed E-state index contributed by atoms with van der Waals surface area (Å²) >= 11 is 0. The highest BCUT2D eigenvalue weighted by molar-refractivity contribution is 5.93. The smallest absolute Gasteiger partial charge is 0.342 e. The van der Waals surface area contributed by atoms with E-state index in [-0.39, 0.29) is 12.2 Å². The fourth-order valence-corrected chi connectivity index (χ4v) is 1.86. The van der Waals surface area contributed by atoms with Crippen molar-refractivity contribution in [2.24, 2.45) is 0 Å². The highest BCUT2D eigenvalue weighted by Gasteiger charge is 2.20. The molecule has 0 radical (unpaired) electrons. The number of hydrogen-bond acceptors (Lipinski definition) is 5. The molecule has 0 aliphatic carbocycles. The lowest BCUT2D eigenvalue weighted by atomic mass is 10.1. The van der Waals surface area contributed by atoms with Crippen molar-refractivity contribution >= 4 is 17.3 Å². The van der Waals surface area contributed by atoms with Crippen LogP contribution in [0.25, 0.3) is 0 Å². The number of nitro groups is 1. The molecule has 7 nitrogen and oxygen atoms in total. The number of carboxylic acid groups (broad SMARTS) is 1. The van der Waals surface area contributed by atoms with Crippen molar-refractivity contribution in [2.75, 3.05) is 25.1 Å². The van der Waals surface area contributed by atoms with E-state index in [4.69, 9.17) is 10.2 Å². The average Bonchev–Trinajstić information content (AvgIpc) is 2.42. The molecule has 0 saturated heterocycles. The number of benzene rings is 1. The molecule has 1 aromatic carbocycles. The van der Waals surface area contributed by atoms with Gasteiger partial charge in [0.15, 0.2) is 0 Å². The third-order valence-corrected chi connectivity index (χ3v) is 3.00. The number of nitro benzene ring substituents is 1. The molecule has 0 unspecified atom stereocenters. The van der Waals surface area contributed by atoms with E-state index in [2.05, 4.69) is 0 Å². The fourth-order valence-electron chi connectivity index (χ4n) is 1.86. The van der Waals surface area contributed by atoms with Crippen molar-refractivity contribution in [3.05, 3.63) is 33.9 Å². The summed E-state index contributed by atoms with van der Waals surface area (Å²) in [5.74, 6) is -1.31. The second-order valence-electron chi connectivity index (χ2n) is 4.47. The van der Waals surface area contributed by atoms with Crippen LogP contribution in [0, 0.1) is 10.1 Å². The molecule has 110 valence electrons. The van der Waals surface area contributed by atoms with Crippen molar-refractivity contribution in [1.29, 1.82) is 0 Å². The quantitative estimate of drug-likeness (QED) is 0.428. The van der Waals surface area contributed by atoms with Crippen molar-refractivity contribution in [3.63, 3.8) is 0 Å². The lowest BCUT2D eigenvalue weighted by Gasteiger charge is -2.19. The minimum Gasteiger partial charge on any atom is -0.477 e. The lowest BCUT2D eigenvalue weighted by Crippen LogP contribution is -2.19. The molecule has 0 saturated carbocycles. The summed E-state index contributed by atoms with van der Waals surface area (Å²) in [5, 5.41) is 28.5. The molecular weight excluding hydrogens is 264 g/mol. The maximum atomic E-state index is 10.9. The van der Waals surface area contributed by atoms with Crippen LogP contribution >= 0.6 is 0 Å². The van der Waals surface area contributed by atoms with Gasteiger partial charge in [-0.15, -0.1) is 0 Å². The predicted molar refractivity (Wildman–Crippen MR) is 74.3 cm³/mol. The second kappa shape index (κ2) is 7.44. The zero-order chi connectivity index (χ0) is 15.1. The summed E-state index contributed by atoms with van der Waals surface area (Å²) in [6.45, 7) is 0.839. The summed E-state index contributed by atoms with van der Waals surface area (Å²) in [6, 6.07) is 4.08. The van der Waals surface area contributed by atoms with E-state index >= 15 is 0 Å². The summed E-state index contributed by atoms with van der Waals surface area (Å²) < 4.78 is 0. The van der Waals surface area contributed by atoms with Gasteiger partial charge in [-0.05, 0) is 31.4 Å². The van der Waals surface area contributed by atoms with Crippen LogP contribution in [-0.4, -0.2) is 41.3 Å². The van der Waals surface area contributed by atoms with Gasteiger partial charge < -0.3 is 15.1 Å². The topological polar surface area (TPSA) is 104 Å². The first-order chi connectivity index (χ1) is 9.47. The molecule has 0 atom stereocenters. The standard InChI is InChI=1S/C13H18N2O5/c1-14(7-3-2-4-8-16)10-5-6-11(13(17)18)12(9-10)15(19)20/h5-6,9,16H,2-4,7-8H2,1H3,(H,17,18). The van der Waals surface area contributed by atoms with Crippen LogP contribution in [0.1, 0.15) is 29.6 Å². The van der Waals surface area contributed by atoms with Gasteiger partial charge in [0.1, 0.15) is 5.56 Å². The lowest BCUT2D eigenvalue weighted by molar-refractivity contribution is -0.385. The number of carboxylic acids is 1. The molecule has 0 aliphatic rings. The van der Waals surface area contributed by atoms with E-state index in [1.807, 2.05) is 4.90 Å². The highest BCUT2D eigenvalue weighted by atomic mass is 16.6. The van der Waals surface area contributed by atoms with Crippen LogP contribution in [0.5, 0.6) is 0 Å². The number of aliphatic hydroxyl groups excluding tert-OH is 1. The predicted octanol–water partition coefficient (Wildman–Crippen LogP) is 1.89. The molecular formula is C13H18N2O5. The molecule has 0 heterocycles. The summed E-state index contributed by atoms with van der Waals surface area (Å²) in [7, 11) is 1.79. The third-order valence-electron chi connectivity index (χ3n) is 3.00. The zero-order valence-electron chi connectivity index (χ0n) is 11.3. The Balaban J connectivity index is 2.83. The fraction of sp³-hybridized carbons (Fsp3) is 0.462. The van der Waals surface area contributed by atoms with Crippen molar-refractivity contribution in [3.8, 4) is 0 Å². The zero-order valence-corrected chi connectivity index (χ0v) is 11.3. The molecule has 2 N–H and O–H groups in total. The molecule has 1 rings (SSSR count). The van der Waals surface area contributed by atoms with E-state index in [9.17, 15) is 14.9 Å². The first-order valence-electron chi connectivity index (χ1n) is 6.31. The van der Waals surface area contributed by atoms with E-state index in [1.165, 1.54) is 12.1 Å². The van der Waals surface area contributed by atoms with Gasteiger partial charge in [-0.3, -0.25) is 10.1 Å². The number of rotatable bonds is 8. The molecule has 1 aromatic rings. The Morgan fingerprint density at radius 3 is 2.60 bits per heavy atom. The van der Waals surface area contributed by atoms with Gasteiger partial charge in [-0.2, -0.15) is 0 Å². The van der Waals surface area contributed by atoms with E-state index in [1.54, 1.807) is 13.1 Å². The normalized spacial score (nSPS) is 10.3. The van der Waals surface area contributed by atoms with Gasteiger partial charge >= 0.3 is 5.97 Å². The molecule has 0 bridgehead atoms. The Morgan fingerprint density at radius 2 is 2.05 bits per heavy atom. The van der Waals surface area contributed by atoms with Crippen LogP contribution in [0.3, 0.4) is 0 Å². The van der Waals surface area contributed by atoms with Crippen LogP contribution in [0.2, 0.25) is 0 Å². The van der Waals surface area contributed by atoms with Gasteiger partial charge in [-0.25, -0.2) is 4.79 Å². The number of anilines is 1. The van der Waals surface area contributed by atoms with Crippen molar-refractivity contribution < 1.29 is 19.9 Å². The van der Waals surface area contributed by atoms with Gasteiger partial charge in [0.05, 0.1) is 4.92 Å². The molecule has 0 amide bonds. The van der Waals surface area contributed by atoms with Crippen LogP contribution in [0.15, 0.2) is 18.2 Å². The van der Waals surface area contributed by atoms with Gasteiger partial charge in [0.25, 0.3) is 5.69 Å². The molecule has 0 fully saturated rings. The monoisotopic (exact) mass is 282 g/mol. The summed E-state index contributed by atoms with van der Waals surface area (Å²) in [5.41, 5.74) is -0.115. The molecule has 7 heteroatoms. The molecule has 0 aliphatic heterocycles. The molecule has 0 aromatic heterocycles. The van der Waals surface area contributed by atoms with Gasteiger partial charge in [-0.1, -0.05) is 0 Å². The maximum absolute atomic E-state index is 10.9. The van der Waals surface area contributed by atoms with E-state index in [0.29, 0.717) is 12.2 Å². The van der Waals surface area contributed by atoms with Crippen LogP contribution in [0.4, 0.5) is 11.4 Å². The average molecular weight is 282 g/mol. The Labute approximate surface area is 116 Å². The first kappa shape index (κ1) is 15.9. The Kier molecular flexibility index (Phi) is 5.92. The van der Waals surface area contributed by atoms with E-state index < -0.39 is 16.6 Å². The maximum Gasteiger partial charge on any atom is 0.342 e. The number of nitrogens with zero attached hydrogens (tertiary/aromatic N) is 2. The van der Waals surface area contributed by atoms with E-state index in [0.717, 1.165) is 19.3 Å². The molecule has 20 heavy (non-hydrogen) atoms.